The van der Waals surface area contributed by atoms with Crippen LogP contribution in [-0.4, -0.2) is 11.2 Å². The van der Waals surface area contributed by atoms with Gasteiger partial charge in [0.05, 0.1) is 6.10 Å². The van der Waals surface area contributed by atoms with Crippen LogP contribution in [0.15, 0.2) is 35.5 Å². The Hall–Kier alpha value is -0.820. The maximum atomic E-state index is 11.3. The third-order valence-corrected chi connectivity index (χ3v) is 10.9. The van der Waals surface area contributed by atoms with Crippen LogP contribution in [-0.2, 0) is 0 Å². The van der Waals surface area contributed by atoms with Crippen molar-refractivity contribution >= 4 is 0 Å². The number of hydrogen-bond donors (Lipinski definition) is 1. The quantitative estimate of drug-likeness (QED) is 0.442. The molecule has 0 aromatic heterocycles. The Morgan fingerprint density at radius 2 is 1.71 bits per heavy atom. The van der Waals surface area contributed by atoms with Crippen LogP contribution in [0.3, 0.4) is 0 Å². The van der Waals surface area contributed by atoms with E-state index in [2.05, 4.69) is 79.7 Å². The van der Waals surface area contributed by atoms with Crippen LogP contribution < -0.4 is 0 Å². The molecule has 0 radical (unpaired) electrons. The molecule has 1 heteroatoms. The largest absolute Gasteiger partial charge is 0.388 e. The van der Waals surface area contributed by atoms with Gasteiger partial charge in [0, 0.05) is 5.41 Å². The standard InChI is InChI=1S/C30H48O/c1-20(2)10-9-11-21(3)22-14-18-29(7)23-12-13-25-27(4,5)17-16-26(31)30(25,8)24(23)15-19-28(22,29)6/h12,15-17,20-22,25-26,31H,9-11,13-14,18-19H2,1-8H3/t21-,22-,25?,26+,28-,29+,30-/m1/s1. The number of allylic oxidation sites excluding steroid dienone is 4. The fourth-order valence-electron chi connectivity index (χ4n) is 8.57. The van der Waals surface area contributed by atoms with Gasteiger partial charge in [-0.3, -0.25) is 0 Å². The van der Waals surface area contributed by atoms with Gasteiger partial charge in [0.25, 0.3) is 0 Å². The Labute approximate surface area is 192 Å². The van der Waals surface area contributed by atoms with Gasteiger partial charge < -0.3 is 5.11 Å². The van der Waals surface area contributed by atoms with Gasteiger partial charge in [-0.25, -0.2) is 0 Å². The second-order valence-corrected chi connectivity index (χ2v) is 13.3. The van der Waals surface area contributed by atoms with Crippen molar-refractivity contribution in [2.75, 3.05) is 0 Å². The van der Waals surface area contributed by atoms with E-state index in [0.717, 1.165) is 24.2 Å². The van der Waals surface area contributed by atoms with Gasteiger partial charge in [-0.2, -0.15) is 0 Å². The lowest BCUT2D eigenvalue weighted by atomic mass is 9.45. The van der Waals surface area contributed by atoms with Crippen LogP contribution in [0.5, 0.6) is 0 Å². The first kappa shape index (κ1) is 23.3. The highest BCUT2D eigenvalue weighted by atomic mass is 16.3. The molecule has 1 unspecified atom stereocenters. The highest BCUT2D eigenvalue weighted by molar-refractivity contribution is 5.51. The van der Waals surface area contributed by atoms with Gasteiger partial charge in [-0.15, -0.1) is 0 Å². The molecule has 0 aromatic rings. The van der Waals surface area contributed by atoms with Gasteiger partial charge in [-0.1, -0.05) is 99.0 Å². The fourth-order valence-corrected chi connectivity index (χ4v) is 8.57. The van der Waals surface area contributed by atoms with E-state index >= 15 is 0 Å². The molecule has 4 aliphatic rings. The summed E-state index contributed by atoms with van der Waals surface area (Å²) in [6.45, 7) is 19.5. The number of fused-ring (bicyclic) bond motifs is 5. The van der Waals surface area contributed by atoms with E-state index in [-0.39, 0.29) is 22.3 Å². The molecule has 0 saturated heterocycles. The van der Waals surface area contributed by atoms with Gasteiger partial charge >= 0.3 is 0 Å². The van der Waals surface area contributed by atoms with E-state index in [1.165, 1.54) is 44.1 Å². The average molecular weight is 425 g/mol. The molecule has 174 valence electrons. The third kappa shape index (κ3) is 3.27. The van der Waals surface area contributed by atoms with Crippen molar-refractivity contribution in [1.82, 2.24) is 0 Å². The number of aliphatic hydroxyl groups excluding tert-OH is 1. The topological polar surface area (TPSA) is 20.2 Å². The van der Waals surface area contributed by atoms with E-state index in [1.807, 2.05) is 0 Å². The van der Waals surface area contributed by atoms with Gasteiger partial charge in [0.15, 0.2) is 0 Å². The van der Waals surface area contributed by atoms with Crippen molar-refractivity contribution in [2.45, 2.75) is 106 Å². The fraction of sp³-hybridized carbons (Fsp3) is 0.800. The third-order valence-electron chi connectivity index (χ3n) is 10.9. The van der Waals surface area contributed by atoms with Crippen molar-refractivity contribution < 1.29 is 5.11 Å². The Kier molecular flexibility index (Phi) is 5.73. The zero-order chi connectivity index (χ0) is 22.8. The molecule has 0 heterocycles. The second kappa shape index (κ2) is 7.61. The Morgan fingerprint density at radius 1 is 1.00 bits per heavy atom. The molecule has 1 N–H and O–H groups in total. The van der Waals surface area contributed by atoms with E-state index in [1.54, 1.807) is 5.57 Å². The molecule has 0 spiro atoms. The van der Waals surface area contributed by atoms with Gasteiger partial charge in [0.1, 0.15) is 0 Å². The second-order valence-electron chi connectivity index (χ2n) is 13.3. The van der Waals surface area contributed by atoms with E-state index < -0.39 is 0 Å². The molecule has 0 bridgehead atoms. The molecule has 0 amide bonds. The molecule has 31 heavy (non-hydrogen) atoms. The highest BCUT2D eigenvalue weighted by Gasteiger charge is 2.63. The monoisotopic (exact) mass is 424 g/mol. The molecule has 4 aliphatic carbocycles. The maximum Gasteiger partial charge on any atom is 0.0818 e. The molecule has 7 atom stereocenters. The predicted octanol–water partition coefficient (Wildman–Crippen LogP) is 8.11. The Morgan fingerprint density at radius 3 is 2.39 bits per heavy atom. The summed E-state index contributed by atoms with van der Waals surface area (Å²) in [5, 5.41) is 11.3. The van der Waals surface area contributed by atoms with Crippen LogP contribution in [0.25, 0.3) is 0 Å². The summed E-state index contributed by atoms with van der Waals surface area (Å²) in [5.74, 6) is 2.89. The van der Waals surface area contributed by atoms with Crippen LogP contribution >= 0.6 is 0 Å². The molecular formula is C30H48O. The molecule has 1 nitrogen and oxygen atoms in total. The van der Waals surface area contributed by atoms with Crippen molar-refractivity contribution in [3.05, 3.63) is 35.5 Å². The lowest BCUT2D eigenvalue weighted by molar-refractivity contribution is -0.0143. The highest BCUT2D eigenvalue weighted by Crippen LogP contribution is 2.71. The molecule has 0 aromatic carbocycles. The zero-order valence-electron chi connectivity index (χ0n) is 21.6. The smallest absolute Gasteiger partial charge is 0.0818 e. The normalized spacial score (nSPS) is 44.3. The summed E-state index contributed by atoms with van der Waals surface area (Å²) in [7, 11) is 0. The molecular weight excluding hydrogens is 376 g/mol. The predicted molar refractivity (Wildman–Crippen MR) is 133 cm³/mol. The minimum absolute atomic E-state index is 0.127. The lowest BCUT2D eigenvalue weighted by Crippen LogP contribution is -2.54. The Bertz CT molecular complexity index is 797. The van der Waals surface area contributed by atoms with Crippen LogP contribution in [0.1, 0.15) is 100 Å². The van der Waals surface area contributed by atoms with Crippen molar-refractivity contribution in [3.63, 3.8) is 0 Å². The molecule has 4 rings (SSSR count). The van der Waals surface area contributed by atoms with Crippen LogP contribution in [0.4, 0.5) is 0 Å². The molecule has 1 saturated carbocycles. The number of aliphatic hydroxyl groups is 1. The summed E-state index contributed by atoms with van der Waals surface area (Å²) in [5.41, 5.74) is 3.64. The minimum Gasteiger partial charge on any atom is -0.388 e. The number of hydrogen-bond acceptors (Lipinski definition) is 1. The lowest BCUT2D eigenvalue weighted by Gasteiger charge is -2.60. The van der Waals surface area contributed by atoms with Crippen LogP contribution in [0.2, 0.25) is 0 Å². The first-order chi connectivity index (χ1) is 14.4. The summed E-state index contributed by atoms with van der Waals surface area (Å²) in [6, 6.07) is 0. The van der Waals surface area contributed by atoms with E-state index in [4.69, 9.17) is 0 Å². The first-order valence-corrected chi connectivity index (χ1v) is 13.2. The SMILES string of the molecule is CC(C)CCC[C@@H](C)[C@H]1CC[C@@]2(C)C3=CCC4C(C)(C)C=C[C@H](O)[C@]4(C)C3=CC[C@]12C. The van der Waals surface area contributed by atoms with E-state index in [9.17, 15) is 5.11 Å². The average Bonchev–Trinajstić information content (AvgIpc) is 2.96. The van der Waals surface area contributed by atoms with Crippen molar-refractivity contribution in [2.24, 2.45) is 45.3 Å². The summed E-state index contributed by atoms with van der Waals surface area (Å²) in [4.78, 5) is 0. The first-order valence-electron chi connectivity index (χ1n) is 13.2. The summed E-state index contributed by atoms with van der Waals surface area (Å²) < 4.78 is 0. The maximum absolute atomic E-state index is 11.3. The van der Waals surface area contributed by atoms with Gasteiger partial charge in [-0.05, 0) is 76.7 Å². The minimum atomic E-state index is -0.374. The van der Waals surface area contributed by atoms with Crippen LogP contribution in [0, 0.1) is 45.3 Å². The molecule has 1 fully saturated rings. The number of rotatable bonds is 5. The summed E-state index contributed by atoms with van der Waals surface area (Å²) in [6.07, 6.45) is 18.2. The van der Waals surface area contributed by atoms with E-state index in [0.29, 0.717) is 11.3 Å². The summed E-state index contributed by atoms with van der Waals surface area (Å²) >= 11 is 0. The zero-order valence-corrected chi connectivity index (χ0v) is 21.6. The van der Waals surface area contributed by atoms with Crippen molar-refractivity contribution in [1.29, 1.82) is 0 Å². The molecule has 0 aliphatic heterocycles. The van der Waals surface area contributed by atoms with Crippen molar-refractivity contribution in [3.8, 4) is 0 Å². The Balaban J connectivity index is 1.67. The van der Waals surface area contributed by atoms with Gasteiger partial charge in [0.2, 0.25) is 0 Å².